The summed E-state index contributed by atoms with van der Waals surface area (Å²) in [5, 5.41) is 0. The lowest BCUT2D eigenvalue weighted by Crippen LogP contribution is -2.53. The molecule has 0 unspecified atom stereocenters. The Kier molecular flexibility index (Phi) is 5.78. The molecule has 30 heavy (non-hydrogen) atoms. The van der Waals surface area contributed by atoms with Crippen molar-refractivity contribution >= 4 is 0 Å². The van der Waals surface area contributed by atoms with E-state index in [2.05, 4.69) is 20.4 Å². The molecule has 7 nitrogen and oxygen atoms in total. The Labute approximate surface area is 177 Å². The molecule has 3 aliphatic heterocycles. The van der Waals surface area contributed by atoms with Gasteiger partial charge < -0.3 is 18.5 Å². The first-order valence-electron chi connectivity index (χ1n) is 11.0. The number of piperidine rings is 1. The van der Waals surface area contributed by atoms with Crippen LogP contribution in [0.15, 0.2) is 39.9 Å². The maximum absolute atomic E-state index is 13.3. The van der Waals surface area contributed by atoms with Gasteiger partial charge in [-0.25, -0.2) is 0 Å². The van der Waals surface area contributed by atoms with Crippen molar-refractivity contribution in [2.45, 2.75) is 38.0 Å². The third-order valence-electron chi connectivity index (χ3n) is 6.69. The zero-order valence-corrected chi connectivity index (χ0v) is 17.7. The van der Waals surface area contributed by atoms with E-state index in [0.717, 1.165) is 50.5 Å². The second-order valence-electron chi connectivity index (χ2n) is 9.06. The highest BCUT2D eigenvalue weighted by atomic mass is 16.5. The van der Waals surface area contributed by atoms with Crippen LogP contribution < -0.4 is 5.56 Å². The van der Waals surface area contributed by atoms with Gasteiger partial charge in [-0.05, 0) is 31.5 Å². The third kappa shape index (κ3) is 4.12. The fraction of sp³-hybridized carbons (Fsp3) is 0.609. The molecule has 2 atom stereocenters. The molecule has 0 spiro atoms. The van der Waals surface area contributed by atoms with Crippen LogP contribution >= 0.6 is 0 Å². The van der Waals surface area contributed by atoms with E-state index in [-0.39, 0.29) is 5.56 Å². The Morgan fingerprint density at radius 2 is 1.90 bits per heavy atom. The van der Waals surface area contributed by atoms with Gasteiger partial charge in [0, 0.05) is 55.5 Å². The van der Waals surface area contributed by atoms with E-state index in [0.29, 0.717) is 37.6 Å². The Bertz CT molecular complexity index is 902. The molecule has 5 rings (SSSR count). The monoisotopic (exact) mass is 413 g/mol. The lowest BCUT2D eigenvalue weighted by molar-refractivity contribution is 0.0234. The quantitative estimate of drug-likeness (QED) is 0.746. The molecule has 162 valence electrons. The summed E-state index contributed by atoms with van der Waals surface area (Å²) >= 11 is 0. The Balaban J connectivity index is 1.31. The topological polar surface area (TPSA) is 60.1 Å². The van der Waals surface area contributed by atoms with Crippen molar-refractivity contribution in [3.05, 3.63) is 57.9 Å². The van der Waals surface area contributed by atoms with Crippen LogP contribution in [0.1, 0.15) is 29.2 Å². The molecule has 2 aromatic heterocycles. The number of ether oxygens (including phenoxy) is 2. The van der Waals surface area contributed by atoms with Crippen LogP contribution in [0.3, 0.4) is 0 Å². The summed E-state index contributed by atoms with van der Waals surface area (Å²) in [5.74, 6) is 0.919. The highest BCUT2D eigenvalue weighted by Gasteiger charge is 2.37. The molecular weight excluding hydrogens is 382 g/mol. The first-order chi connectivity index (χ1) is 14.7. The van der Waals surface area contributed by atoms with Crippen LogP contribution in [0.5, 0.6) is 0 Å². The van der Waals surface area contributed by atoms with Gasteiger partial charge in [-0.15, -0.1) is 0 Å². The maximum atomic E-state index is 13.3. The minimum Gasteiger partial charge on any atom is -0.472 e. The lowest BCUT2D eigenvalue weighted by Gasteiger charge is -2.45. The fourth-order valence-electron chi connectivity index (χ4n) is 5.30. The lowest BCUT2D eigenvalue weighted by atomic mass is 9.82. The SMILES string of the molecule is CN(Cc1ccoc1)Cc1ccc2n(c1=O)C[C@H]1C[C@@H]2CN(C2COCCOC2)C1. The number of rotatable bonds is 5. The van der Waals surface area contributed by atoms with Crippen LogP contribution in [0.4, 0.5) is 0 Å². The Morgan fingerprint density at radius 3 is 2.67 bits per heavy atom. The van der Waals surface area contributed by atoms with E-state index in [1.807, 2.05) is 19.2 Å². The molecular formula is C23H31N3O4. The van der Waals surface area contributed by atoms with Crippen molar-refractivity contribution in [3.63, 3.8) is 0 Å². The molecule has 2 saturated heterocycles. The second-order valence-corrected chi connectivity index (χ2v) is 9.06. The smallest absolute Gasteiger partial charge is 0.255 e. The average molecular weight is 414 g/mol. The largest absolute Gasteiger partial charge is 0.472 e. The minimum absolute atomic E-state index is 0.177. The summed E-state index contributed by atoms with van der Waals surface area (Å²) in [7, 11) is 2.04. The van der Waals surface area contributed by atoms with Gasteiger partial charge in [0.15, 0.2) is 0 Å². The number of furan rings is 1. The van der Waals surface area contributed by atoms with Crippen LogP contribution in [-0.4, -0.2) is 67.0 Å². The summed E-state index contributed by atoms with van der Waals surface area (Å²) in [6, 6.07) is 6.52. The third-order valence-corrected chi connectivity index (χ3v) is 6.69. The summed E-state index contributed by atoms with van der Waals surface area (Å²) in [5.41, 5.74) is 3.36. The van der Waals surface area contributed by atoms with E-state index in [9.17, 15) is 4.79 Å². The highest BCUT2D eigenvalue weighted by molar-refractivity contribution is 5.22. The van der Waals surface area contributed by atoms with E-state index in [1.54, 1.807) is 12.5 Å². The molecule has 0 N–H and O–H groups in total. The Morgan fingerprint density at radius 1 is 1.07 bits per heavy atom. The van der Waals surface area contributed by atoms with Gasteiger partial charge >= 0.3 is 0 Å². The van der Waals surface area contributed by atoms with E-state index < -0.39 is 0 Å². The van der Waals surface area contributed by atoms with Crippen molar-refractivity contribution < 1.29 is 13.9 Å². The van der Waals surface area contributed by atoms with E-state index >= 15 is 0 Å². The standard InChI is InChI=1S/C23H31N3O4/c1-24(9-17-4-5-28-14-17)12-19-2-3-22-20-8-18(11-26(22)23(19)27)10-25(13-20)21-15-29-6-7-30-16-21/h2-5,14,18,20-21H,6-13,15-16H2,1H3/t18-,20+/m0/s1. The normalized spacial score (nSPS) is 25.3. The molecule has 7 heteroatoms. The first-order valence-corrected chi connectivity index (χ1v) is 11.0. The zero-order chi connectivity index (χ0) is 20.5. The Hall–Kier alpha value is -1.93. The van der Waals surface area contributed by atoms with Crippen molar-refractivity contribution in [1.29, 1.82) is 0 Å². The molecule has 3 aliphatic rings. The summed E-state index contributed by atoms with van der Waals surface area (Å²) in [4.78, 5) is 18.0. The molecule has 0 aliphatic carbocycles. The zero-order valence-electron chi connectivity index (χ0n) is 17.7. The molecule has 5 heterocycles. The van der Waals surface area contributed by atoms with Gasteiger partial charge in [0.2, 0.25) is 0 Å². The number of fused-ring (bicyclic) bond motifs is 4. The molecule has 0 amide bonds. The van der Waals surface area contributed by atoms with Gasteiger partial charge in [0.05, 0.1) is 45.0 Å². The fourth-order valence-corrected chi connectivity index (χ4v) is 5.30. The number of hydrogen-bond donors (Lipinski definition) is 0. The van der Waals surface area contributed by atoms with Gasteiger partial charge in [0.1, 0.15) is 0 Å². The molecule has 0 saturated carbocycles. The van der Waals surface area contributed by atoms with Crippen molar-refractivity contribution in [2.75, 3.05) is 46.6 Å². The molecule has 2 aromatic rings. The molecule has 2 fully saturated rings. The molecule has 0 aromatic carbocycles. The van der Waals surface area contributed by atoms with Gasteiger partial charge in [0.25, 0.3) is 5.56 Å². The summed E-state index contributed by atoms with van der Waals surface area (Å²) in [6.07, 6.45) is 4.62. The van der Waals surface area contributed by atoms with Gasteiger partial charge in [-0.3, -0.25) is 14.6 Å². The summed E-state index contributed by atoms with van der Waals surface area (Å²) < 4.78 is 18.7. The van der Waals surface area contributed by atoms with E-state index in [4.69, 9.17) is 13.9 Å². The van der Waals surface area contributed by atoms with Crippen molar-refractivity contribution in [2.24, 2.45) is 5.92 Å². The second kappa shape index (κ2) is 8.67. The number of aromatic nitrogens is 1. The van der Waals surface area contributed by atoms with Gasteiger partial charge in [-0.1, -0.05) is 6.07 Å². The predicted octanol–water partition coefficient (Wildman–Crippen LogP) is 1.91. The minimum atomic E-state index is 0.177. The van der Waals surface area contributed by atoms with Crippen LogP contribution in [0, 0.1) is 5.92 Å². The van der Waals surface area contributed by atoms with Crippen LogP contribution in [0.2, 0.25) is 0 Å². The number of pyridine rings is 1. The molecule has 0 radical (unpaired) electrons. The predicted molar refractivity (Wildman–Crippen MR) is 112 cm³/mol. The average Bonchev–Trinajstić information content (AvgIpc) is 3.09. The summed E-state index contributed by atoms with van der Waals surface area (Å²) in [6.45, 7) is 7.08. The van der Waals surface area contributed by atoms with Crippen molar-refractivity contribution in [3.8, 4) is 0 Å². The van der Waals surface area contributed by atoms with Crippen LogP contribution in [-0.2, 0) is 29.1 Å². The van der Waals surface area contributed by atoms with E-state index in [1.165, 1.54) is 12.1 Å². The number of nitrogens with zero attached hydrogens (tertiary/aromatic N) is 3. The molecule has 2 bridgehead atoms. The number of hydrogen-bond acceptors (Lipinski definition) is 6. The maximum Gasteiger partial charge on any atom is 0.255 e. The number of likely N-dealkylation sites (tertiary alicyclic amines) is 1. The first kappa shape index (κ1) is 20.0. The van der Waals surface area contributed by atoms with Gasteiger partial charge in [-0.2, -0.15) is 0 Å². The van der Waals surface area contributed by atoms with Crippen molar-refractivity contribution in [1.82, 2.24) is 14.4 Å². The highest BCUT2D eigenvalue weighted by Crippen LogP contribution is 2.36. The van der Waals surface area contributed by atoms with Crippen LogP contribution in [0.25, 0.3) is 0 Å².